The Morgan fingerprint density at radius 2 is 1.81 bits per heavy atom. The molecule has 0 atom stereocenters. The Morgan fingerprint density at radius 3 is 2.58 bits per heavy atom. The maximum absolute atomic E-state index is 12.1. The van der Waals surface area contributed by atoms with E-state index in [4.69, 9.17) is 16.3 Å². The minimum Gasteiger partial charge on any atom is -0.488 e. The molecular formula is C23H19BrClN3O3. The first-order chi connectivity index (χ1) is 15.0. The minimum absolute atomic E-state index is 0.197. The molecule has 3 aromatic rings. The van der Waals surface area contributed by atoms with Crippen LogP contribution in [-0.4, -0.2) is 24.6 Å². The highest BCUT2D eigenvalue weighted by Gasteiger charge is 2.08. The van der Waals surface area contributed by atoms with Crippen molar-refractivity contribution in [3.63, 3.8) is 0 Å². The summed E-state index contributed by atoms with van der Waals surface area (Å²) in [7, 11) is 0. The molecule has 0 bridgehead atoms. The van der Waals surface area contributed by atoms with Gasteiger partial charge in [0.2, 0.25) is 0 Å². The Morgan fingerprint density at radius 1 is 1.03 bits per heavy atom. The topological polar surface area (TPSA) is 79.8 Å². The number of hydrogen-bond donors (Lipinski definition) is 2. The first-order valence-electron chi connectivity index (χ1n) is 9.33. The fraction of sp³-hybridized carbons (Fsp3) is 0.0870. The molecule has 0 unspecified atom stereocenters. The third kappa shape index (κ3) is 7.24. The number of benzene rings is 3. The molecule has 0 saturated carbocycles. The molecule has 0 spiro atoms. The second kappa shape index (κ2) is 11.3. The summed E-state index contributed by atoms with van der Waals surface area (Å²) >= 11 is 9.20. The lowest BCUT2D eigenvalue weighted by atomic mass is 10.2. The fourth-order valence-electron chi connectivity index (χ4n) is 2.57. The first-order valence-corrected chi connectivity index (χ1v) is 10.5. The van der Waals surface area contributed by atoms with Crippen molar-refractivity contribution in [1.29, 1.82) is 0 Å². The van der Waals surface area contributed by atoms with Crippen LogP contribution in [0.5, 0.6) is 5.75 Å². The minimum atomic E-state index is -0.445. The number of halogens is 2. The number of carbonyl (C=O) groups excluding carboxylic acids is 2. The summed E-state index contributed by atoms with van der Waals surface area (Å²) in [5.74, 6) is -0.168. The molecule has 31 heavy (non-hydrogen) atoms. The van der Waals surface area contributed by atoms with E-state index in [2.05, 4.69) is 31.8 Å². The standard InChI is InChI=1S/C23H19BrClN3O3/c24-19-6-3-5-17(12-19)23(30)26-14-22(29)28-27-13-18-4-1-2-7-21(18)31-15-16-8-10-20(25)11-9-16/h1-13H,14-15H2,(H,26,30)(H,28,29)/b27-13-. The number of carbonyl (C=O) groups is 2. The maximum Gasteiger partial charge on any atom is 0.259 e. The highest BCUT2D eigenvalue weighted by molar-refractivity contribution is 9.10. The van der Waals surface area contributed by atoms with E-state index in [9.17, 15) is 9.59 Å². The van der Waals surface area contributed by atoms with Crippen molar-refractivity contribution in [2.24, 2.45) is 5.10 Å². The number of hydrogen-bond acceptors (Lipinski definition) is 4. The van der Waals surface area contributed by atoms with Gasteiger partial charge in [-0.2, -0.15) is 5.10 Å². The molecule has 0 aliphatic carbocycles. The normalized spacial score (nSPS) is 10.6. The van der Waals surface area contributed by atoms with Crippen LogP contribution in [0.25, 0.3) is 0 Å². The highest BCUT2D eigenvalue weighted by atomic mass is 79.9. The molecule has 0 fully saturated rings. The molecule has 0 aromatic heterocycles. The van der Waals surface area contributed by atoms with Gasteiger partial charge in [-0.3, -0.25) is 9.59 Å². The molecule has 2 amide bonds. The molecule has 0 saturated heterocycles. The van der Waals surface area contributed by atoms with Crippen LogP contribution in [0.1, 0.15) is 21.5 Å². The number of nitrogens with one attached hydrogen (secondary N) is 2. The zero-order valence-corrected chi connectivity index (χ0v) is 18.7. The Balaban J connectivity index is 1.50. The number of para-hydroxylation sites is 1. The summed E-state index contributed by atoms with van der Waals surface area (Å²) in [5.41, 5.74) is 4.53. The van der Waals surface area contributed by atoms with Gasteiger partial charge in [0.25, 0.3) is 11.8 Å². The summed E-state index contributed by atoms with van der Waals surface area (Å²) in [6, 6.07) is 21.6. The summed E-state index contributed by atoms with van der Waals surface area (Å²) in [5, 5.41) is 7.17. The van der Waals surface area contributed by atoms with Crippen LogP contribution in [0, 0.1) is 0 Å². The zero-order valence-electron chi connectivity index (χ0n) is 16.3. The Hall–Kier alpha value is -3.16. The third-order valence-corrected chi connectivity index (χ3v) is 4.86. The first kappa shape index (κ1) is 22.5. The van der Waals surface area contributed by atoms with Crippen molar-refractivity contribution in [3.8, 4) is 5.75 Å². The van der Waals surface area contributed by atoms with Crippen molar-refractivity contribution in [2.45, 2.75) is 6.61 Å². The van der Waals surface area contributed by atoms with Crippen molar-refractivity contribution in [3.05, 3.63) is 99.0 Å². The van der Waals surface area contributed by atoms with Crippen molar-refractivity contribution in [2.75, 3.05) is 6.54 Å². The largest absolute Gasteiger partial charge is 0.488 e. The van der Waals surface area contributed by atoms with Gasteiger partial charge in [-0.05, 0) is 48.0 Å². The Labute approximate surface area is 193 Å². The Bertz CT molecular complexity index is 1090. The summed E-state index contributed by atoms with van der Waals surface area (Å²) in [6.07, 6.45) is 1.49. The van der Waals surface area contributed by atoms with Gasteiger partial charge >= 0.3 is 0 Å². The predicted molar refractivity (Wildman–Crippen MR) is 124 cm³/mol. The molecule has 2 N–H and O–H groups in total. The molecule has 0 aliphatic rings. The van der Waals surface area contributed by atoms with Crippen LogP contribution >= 0.6 is 27.5 Å². The maximum atomic E-state index is 12.1. The van der Waals surface area contributed by atoms with Gasteiger partial charge in [-0.1, -0.05) is 57.9 Å². The van der Waals surface area contributed by atoms with Crippen molar-refractivity contribution < 1.29 is 14.3 Å². The number of ether oxygens (including phenoxy) is 1. The van der Waals surface area contributed by atoms with Crippen molar-refractivity contribution in [1.82, 2.24) is 10.7 Å². The number of nitrogens with zero attached hydrogens (tertiary/aromatic N) is 1. The van der Waals surface area contributed by atoms with E-state index >= 15 is 0 Å². The fourth-order valence-corrected chi connectivity index (χ4v) is 3.09. The highest BCUT2D eigenvalue weighted by Crippen LogP contribution is 2.18. The predicted octanol–water partition coefficient (Wildman–Crippen LogP) is 4.56. The number of hydrazone groups is 1. The second-order valence-electron chi connectivity index (χ2n) is 6.44. The zero-order chi connectivity index (χ0) is 22.1. The van der Waals surface area contributed by atoms with Crippen LogP contribution in [0.3, 0.4) is 0 Å². The lowest BCUT2D eigenvalue weighted by Gasteiger charge is -2.09. The molecule has 3 aromatic carbocycles. The molecule has 6 nitrogen and oxygen atoms in total. The van der Waals surface area contributed by atoms with E-state index < -0.39 is 5.91 Å². The van der Waals surface area contributed by atoms with Crippen LogP contribution in [-0.2, 0) is 11.4 Å². The third-order valence-electron chi connectivity index (χ3n) is 4.12. The molecule has 0 heterocycles. The summed E-state index contributed by atoms with van der Waals surface area (Å²) < 4.78 is 6.63. The van der Waals surface area contributed by atoms with Crippen molar-refractivity contribution >= 4 is 45.6 Å². The summed E-state index contributed by atoms with van der Waals surface area (Å²) in [6.45, 7) is 0.174. The molecule has 0 radical (unpaired) electrons. The van der Waals surface area contributed by atoms with Gasteiger partial charge in [0.15, 0.2) is 0 Å². The summed E-state index contributed by atoms with van der Waals surface area (Å²) in [4.78, 5) is 24.0. The lowest BCUT2D eigenvalue weighted by Crippen LogP contribution is -2.34. The SMILES string of the molecule is O=C(CNC(=O)c1cccc(Br)c1)N/N=C\c1ccccc1OCc1ccc(Cl)cc1. The molecule has 3 rings (SSSR count). The van der Waals surface area contributed by atoms with E-state index in [-0.39, 0.29) is 12.5 Å². The van der Waals surface area contributed by atoms with Gasteiger partial charge in [0.05, 0.1) is 12.8 Å². The quantitative estimate of drug-likeness (QED) is 0.351. The van der Waals surface area contributed by atoms with Gasteiger partial charge in [0.1, 0.15) is 12.4 Å². The van der Waals surface area contributed by atoms with E-state index in [1.54, 1.807) is 30.3 Å². The smallest absolute Gasteiger partial charge is 0.259 e. The lowest BCUT2D eigenvalue weighted by molar-refractivity contribution is -0.120. The molecule has 158 valence electrons. The van der Waals surface area contributed by atoms with Gasteiger partial charge in [-0.25, -0.2) is 5.43 Å². The van der Waals surface area contributed by atoms with Gasteiger partial charge < -0.3 is 10.1 Å². The average Bonchev–Trinajstić information content (AvgIpc) is 2.78. The molecule has 8 heteroatoms. The Kier molecular flexibility index (Phi) is 8.20. The van der Waals surface area contributed by atoms with Crippen LogP contribution in [0.4, 0.5) is 0 Å². The second-order valence-corrected chi connectivity index (χ2v) is 7.79. The van der Waals surface area contributed by atoms with Gasteiger partial charge in [0, 0.05) is 20.6 Å². The van der Waals surface area contributed by atoms with Crippen LogP contribution < -0.4 is 15.5 Å². The van der Waals surface area contributed by atoms with E-state index in [1.165, 1.54) is 6.21 Å². The van der Waals surface area contributed by atoms with E-state index in [0.717, 1.165) is 10.0 Å². The van der Waals surface area contributed by atoms with Crippen LogP contribution in [0.15, 0.2) is 82.4 Å². The van der Waals surface area contributed by atoms with E-state index in [1.807, 2.05) is 42.5 Å². The number of rotatable bonds is 8. The molecule has 0 aliphatic heterocycles. The van der Waals surface area contributed by atoms with E-state index in [0.29, 0.717) is 28.5 Å². The van der Waals surface area contributed by atoms with Gasteiger partial charge in [-0.15, -0.1) is 0 Å². The monoisotopic (exact) mass is 499 g/mol. The number of amides is 2. The van der Waals surface area contributed by atoms with Crippen LogP contribution in [0.2, 0.25) is 5.02 Å². The average molecular weight is 501 g/mol. The molecular weight excluding hydrogens is 482 g/mol.